The summed E-state index contributed by atoms with van der Waals surface area (Å²) in [7, 11) is 0. The third-order valence-corrected chi connectivity index (χ3v) is 5.88. The highest BCUT2D eigenvalue weighted by molar-refractivity contribution is 7.09. The zero-order valence-electron chi connectivity index (χ0n) is 14.1. The van der Waals surface area contributed by atoms with Gasteiger partial charge in [0.15, 0.2) is 5.69 Å². The van der Waals surface area contributed by atoms with Gasteiger partial charge in [0.1, 0.15) is 11.3 Å². The van der Waals surface area contributed by atoms with Gasteiger partial charge in [0, 0.05) is 35.3 Å². The number of carboxylic acids is 1. The van der Waals surface area contributed by atoms with Crippen molar-refractivity contribution < 1.29 is 14.3 Å². The number of likely N-dealkylation sites (tertiary alicyclic amines) is 1. The third kappa shape index (κ3) is 3.19. The Kier molecular flexibility index (Phi) is 4.31. The molecular weight excluding hydrogens is 336 g/mol. The highest BCUT2D eigenvalue weighted by atomic mass is 32.1. The van der Waals surface area contributed by atoms with E-state index in [0.717, 1.165) is 48.8 Å². The number of hydrogen-bond acceptors (Lipinski definition) is 5. The Bertz CT molecular complexity index is 914. The van der Waals surface area contributed by atoms with Gasteiger partial charge in [0.05, 0.1) is 5.01 Å². The van der Waals surface area contributed by atoms with E-state index in [1.165, 1.54) is 22.3 Å². The summed E-state index contributed by atoms with van der Waals surface area (Å²) in [5.41, 5.74) is 2.35. The molecule has 3 heterocycles. The van der Waals surface area contributed by atoms with E-state index < -0.39 is 5.97 Å². The van der Waals surface area contributed by atoms with Crippen LogP contribution in [0.25, 0.3) is 11.0 Å². The van der Waals surface area contributed by atoms with Gasteiger partial charge in [-0.25, -0.2) is 9.78 Å². The van der Waals surface area contributed by atoms with Crippen LogP contribution in [0.1, 0.15) is 45.6 Å². The molecule has 2 aromatic heterocycles. The second-order valence-corrected chi connectivity index (χ2v) is 7.47. The zero-order chi connectivity index (χ0) is 17.4. The Morgan fingerprint density at radius 1 is 1.44 bits per heavy atom. The van der Waals surface area contributed by atoms with E-state index in [0.29, 0.717) is 5.92 Å². The molecule has 1 N–H and O–H groups in total. The number of furan rings is 1. The summed E-state index contributed by atoms with van der Waals surface area (Å²) in [5, 5.41) is 12.8. The average molecular weight is 356 g/mol. The van der Waals surface area contributed by atoms with Crippen molar-refractivity contribution in [1.29, 1.82) is 0 Å². The lowest BCUT2D eigenvalue weighted by molar-refractivity contribution is 0.0691. The number of benzene rings is 1. The van der Waals surface area contributed by atoms with Crippen molar-refractivity contribution in [3.8, 4) is 0 Å². The van der Waals surface area contributed by atoms with Crippen LogP contribution in [-0.4, -0.2) is 34.0 Å². The average Bonchev–Trinajstić information content (AvgIpc) is 3.21. The van der Waals surface area contributed by atoms with Crippen molar-refractivity contribution in [2.75, 3.05) is 13.1 Å². The minimum Gasteiger partial charge on any atom is -0.476 e. The number of nitrogens with zero attached hydrogens (tertiary/aromatic N) is 2. The number of carboxylic acid groups (broad SMARTS) is 1. The predicted octanol–water partition coefficient (Wildman–Crippen LogP) is 4.28. The topological polar surface area (TPSA) is 66.6 Å². The third-order valence-electron chi connectivity index (χ3n) is 4.88. The minimum absolute atomic E-state index is 0.161. The number of hydrogen-bond donors (Lipinski definition) is 1. The van der Waals surface area contributed by atoms with Crippen molar-refractivity contribution in [2.45, 2.75) is 32.2 Å². The first-order valence-corrected chi connectivity index (χ1v) is 9.38. The maximum absolute atomic E-state index is 11.1. The molecule has 25 heavy (non-hydrogen) atoms. The first kappa shape index (κ1) is 16.3. The summed E-state index contributed by atoms with van der Waals surface area (Å²) in [4.78, 5) is 17.8. The monoisotopic (exact) mass is 356 g/mol. The van der Waals surface area contributed by atoms with E-state index in [-0.39, 0.29) is 5.69 Å². The Hall–Kier alpha value is -2.18. The Morgan fingerprint density at radius 3 is 3.08 bits per heavy atom. The highest BCUT2D eigenvalue weighted by Crippen LogP contribution is 2.32. The van der Waals surface area contributed by atoms with E-state index in [1.807, 2.05) is 25.1 Å². The smallest absolute Gasteiger partial charge is 0.355 e. The molecule has 0 radical (unpaired) electrons. The molecule has 5 nitrogen and oxygen atoms in total. The van der Waals surface area contributed by atoms with Gasteiger partial charge in [0.2, 0.25) is 0 Å². The summed E-state index contributed by atoms with van der Waals surface area (Å²) >= 11 is 1.46. The molecular formula is C19H20N2O3S. The van der Waals surface area contributed by atoms with Gasteiger partial charge < -0.3 is 9.52 Å². The fourth-order valence-electron chi connectivity index (χ4n) is 3.62. The number of aromatic nitrogens is 1. The lowest BCUT2D eigenvalue weighted by atomic mass is 9.98. The summed E-state index contributed by atoms with van der Waals surface area (Å²) in [6, 6.07) is 8.16. The molecule has 0 bridgehead atoms. The van der Waals surface area contributed by atoms with Crippen molar-refractivity contribution in [3.05, 3.63) is 51.7 Å². The first-order chi connectivity index (χ1) is 12.1. The number of fused-ring (bicyclic) bond motifs is 1. The van der Waals surface area contributed by atoms with Crippen molar-refractivity contribution in [1.82, 2.24) is 9.88 Å². The molecule has 0 amide bonds. The normalized spacial score (nSPS) is 18.7. The lowest BCUT2D eigenvalue weighted by Crippen LogP contribution is -2.34. The number of thiazole rings is 1. The molecule has 3 aromatic rings. The second-order valence-electron chi connectivity index (χ2n) is 6.58. The van der Waals surface area contributed by atoms with E-state index in [4.69, 9.17) is 9.52 Å². The van der Waals surface area contributed by atoms with Crippen molar-refractivity contribution >= 4 is 28.3 Å². The van der Waals surface area contributed by atoms with Crippen LogP contribution in [-0.2, 0) is 6.54 Å². The maximum atomic E-state index is 11.1. The van der Waals surface area contributed by atoms with Gasteiger partial charge in [-0.15, -0.1) is 11.3 Å². The SMILES string of the molecule is Cc1oc2ccccc2c1CN1CCCC(c2nc(C(=O)O)cs2)C1. The van der Waals surface area contributed by atoms with Crippen LogP contribution in [0.4, 0.5) is 0 Å². The molecule has 0 spiro atoms. The molecule has 6 heteroatoms. The summed E-state index contributed by atoms with van der Waals surface area (Å²) < 4.78 is 5.88. The fourth-order valence-corrected chi connectivity index (χ4v) is 4.54. The van der Waals surface area contributed by atoms with E-state index in [9.17, 15) is 4.79 Å². The lowest BCUT2D eigenvalue weighted by Gasteiger charge is -2.31. The summed E-state index contributed by atoms with van der Waals surface area (Å²) in [6.45, 7) is 4.84. The van der Waals surface area contributed by atoms with Crippen LogP contribution in [0.15, 0.2) is 34.1 Å². The van der Waals surface area contributed by atoms with Crippen LogP contribution in [0.2, 0.25) is 0 Å². The summed E-state index contributed by atoms with van der Waals surface area (Å²) in [6.07, 6.45) is 2.16. The van der Waals surface area contributed by atoms with E-state index >= 15 is 0 Å². The van der Waals surface area contributed by atoms with Crippen LogP contribution < -0.4 is 0 Å². The maximum Gasteiger partial charge on any atom is 0.355 e. The van der Waals surface area contributed by atoms with E-state index in [2.05, 4.69) is 16.0 Å². The standard InChI is InChI=1S/C19H20N2O3S/c1-12-15(14-6-2-3-7-17(14)24-12)10-21-8-4-5-13(9-21)18-20-16(11-25-18)19(22)23/h2-3,6-7,11,13H,4-5,8-10H2,1H3,(H,22,23). The molecule has 4 rings (SSSR count). The van der Waals surface area contributed by atoms with Crippen LogP contribution in [0.3, 0.4) is 0 Å². The molecule has 1 fully saturated rings. The minimum atomic E-state index is -0.948. The largest absolute Gasteiger partial charge is 0.476 e. The number of aryl methyl sites for hydroxylation is 1. The highest BCUT2D eigenvalue weighted by Gasteiger charge is 2.26. The molecule has 1 saturated heterocycles. The van der Waals surface area contributed by atoms with Gasteiger partial charge in [-0.1, -0.05) is 18.2 Å². The van der Waals surface area contributed by atoms with Crippen molar-refractivity contribution in [3.63, 3.8) is 0 Å². The van der Waals surface area contributed by atoms with Crippen molar-refractivity contribution in [2.24, 2.45) is 0 Å². The second kappa shape index (κ2) is 6.61. The molecule has 1 aromatic carbocycles. The number of piperidine rings is 1. The molecule has 0 aliphatic carbocycles. The predicted molar refractivity (Wildman–Crippen MR) is 97.3 cm³/mol. The number of para-hydroxylation sites is 1. The Labute approximate surface area is 149 Å². The Balaban J connectivity index is 1.53. The quantitative estimate of drug-likeness (QED) is 0.756. The molecule has 1 unspecified atom stereocenters. The molecule has 1 aliphatic heterocycles. The van der Waals surface area contributed by atoms with Gasteiger partial charge in [-0.3, -0.25) is 4.90 Å². The first-order valence-electron chi connectivity index (χ1n) is 8.50. The number of aromatic carboxylic acids is 1. The van der Waals surface area contributed by atoms with Crippen LogP contribution >= 0.6 is 11.3 Å². The molecule has 1 atom stereocenters. The van der Waals surface area contributed by atoms with Gasteiger partial charge in [-0.05, 0) is 32.4 Å². The molecule has 1 aliphatic rings. The molecule has 0 saturated carbocycles. The van der Waals surface area contributed by atoms with Crippen LogP contribution in [0.5, 0.6) is 0 Å². The fraction of sp³-hybridized carbons (Fsp3) is 0.368. The Morgan fingerprint density at radius 2 is 2.28 bits per heavy atom. The zero-order valence-corrected chi connectivity index (χ0v) is 14.9. The van der Waals surface area contributed by atoms with Crippen LogP contribution in [0, 0.1) is 6.92 Å². The molecule has 130 valence electrons. The number of rotatable bonds is 4. The summed E-state index contributed by atoms with van der Waals surface area (Å²) in [5.74, 6) is 0.340. The van der Waals surface area contributed by atoms with E-state index in [1.54, 1.807) is 5.38 Å². The van der Waals surface area contributed by atoms with Gasteiger partial charge in [0.25, 0.3) is 0 Å². The van der Waals surface area contributed by atoms with Gasteiger partial charge >= 0.3 is 5.97 Å². The number of carbonyl (C=O) groups is 1. The van der Waals surface area contributed by atoms with Gasteiger partial charge in [-0.2, -0.15) is 0 Å².